The molecule has 1 aliphatic rings. The van der Waals surface area contributed by atoms with Crippen molar-refractivity contribution in [2.75, 3.05) is 13.7 Å². The van der Waals surface area contributed by atoms with Gasteiger partial charge in [-0.2, -0.15) is 0 Å². The summed E-state index contributed by atoms with van der Waals surface area (Å²) in [6, 6.07) is 10.2. The molecular weight excluding hydrogens is 520 g/mol. The lowest BCUT2D eigenvalue weighted by atomic mass is 9.95. The molecule has 0 aliphatic carbocycles. The van der Waals surface area contributed by atoms with Gasteiger partial charge in [0.25, 0.3) is 5.56 Å². The molecule has 0 spiro atoms. The smallest absolute Gasteiger partial charge is 0.338 e. The summed E-state index contributed by atoms with van der Waals surface area (Å²) < 4.78 is 13.1. The summed E-state index contributed by atoms with van der Waals surface area (Å²) in [5.41, 5.74) is 3.11. The summed E-state index contributed by atoms with van der Waals surface area (Å²) in [5.74, 6) is -0.211. The summed E-state index contributed by atoms with van der Waals surface area (Å²) in [6.45, 7) is 5.70. The van der Waals surface area contributed by atoms with E-state index in [9.17, 15) is 14.7 Å². The van der Waals surface area contributed by atoms with Crippen LogP contribution in [0, 0.1) is 6.92 Å². The Morgan fingerprint density at radius 1 is 1.26 bits per heavy atom. The molecule has 0 bridgehead atoms. The topological polar surface area (TPSA) is 90.1 Å². The minimum atomic E-state index is -0.657. The maximum Gasteiger partial charge on any atom is 0.338 e. The average molecular weight is 543 g/mol. The Bertz CT molecular complexity index is 1490. The number of phenolic OH excluding ortho intramolecular Hbond substituents is 1. The Morgan fingerprint density at radius 3 is 2.62 bits per heavy atom. The van der Waals surface area contributed by atoms with Gasteiger partial charge in [-0.3, -0.25) is 9.36 Å². The second-order valence-corrected chi connectivity index (χ2v) is 9.62. The Hall–Kier alpha value is -3.17. The van der Waals surface area contributed by atoms with Gasteiger partial charge in [-0.15, -0.1) is 0 Å². The number of phenols is 1. The lowest BCUT2D eigenvalue weighted by Gasteiger charge is -2.24. The maximum atomic E-state index is 13.6. The van der Waals surface area contributed by atoms with Gasteiger partial charge >= 0.3 is 5.97 Å². The fraction of sp³-hybridized carbons (Fsp3) is 0.240. The zero-order valence-corrected chi connectivity index (χ0v) is 21.5. The number of aromatic nitrogens is 1. The van der Waals surface area contributed by atoms with Gasteiger partial charge < -0.3 is 14.6 Å². The van der Waals surface area contributed by atoms with Gasteiger partial charge in [0.15, 0.2) is 16.3 Å². The third kappa shape index (κ3) is 4.33. The van der Waals surface area contributed by atoms with E-state index in [2.05, 4.69) is 20.9 Å². The van der Waals surface area contributed by atoms with Crippen LogP contribution in [0.15, 0.2) is 61.9 Å². The first kappa shape index (κ1) is 24.0. The predicted octanol–water partition coefficient (Wildman–Crippen LogP) is 3.58. The van der Waals surface area contributed by atoms with Crippen molar-refractivity contribution < 1.29 is 19.4 Å². The number of esters is 1. The molecule has 0 unspecified atom stereocenters. The van der Waals surface area contributed by atoms with Gasteiger partial charge in [0.1, 0.15) is 0 Å². The molecule has 2 heterocycles. The number of fused-ring (bicyclic) bond motifs is 1. The van der Waals surface area contributed by atoms with Crippen molar-refractivity contribution in [1.82, 2.24) is 4.57 Å². The number of allylic oxidation sites excluding steroid dienone is 1. The highest BCUT2D eigenvalue weighted by Crippen LogP contribution is 2.33. The molecule has 0 saturated heterocycles. The zero-order chi connectivity index (χ0) is 24.6. The first-order chi connectivity index (χ1) is 16.2. The van der Waals surface area contributed by atoms with Gasteiger partial charge in [0.2, 0.25) is 0 Å². The summed E-state index contributed by atoms with van der Waals surface area (Å²) in [7, 11) is 1.46. The number of benzene rings is 2. The van der Waals surface area contributed by atoms with Crippen LogP contribution < -0.4 is 19.6 Å². The van der Waals surface area contributed by atoms with Crippen LogP contribution in [0.3, 0.4) is 0 Å². The van der Waals surface area contributed by atoms with Crippen molar-refractivity contribution in [3.05, 3.63) is 88.5 Å². The molecule has 0 fully saturated rings. The van der Waals surface area contributed by atoms with Gasteiger partial charge in [-0.1, -0.05) is 57.1 Å². The number of aromatic hydroxyl groups is 1. The van der Waals surface area contributed by atoms with Crippen LogP contribution in [0.25, 0.3) is 6.08 Å². The van der Waals surface area contributed by atoms with E-state index in [0.29, 0.717) is 36.4 Å². The Labute approximate surface area is 208 Å². The molecule has 0 saturated carbocycles. The third-order valence-corrected chi connectivity index (χ3v) is 7.16. The van der Waals surface area contributed by atoms with Crippen molar-refractivity contribution in [2.45, 2.75) is 26.8 Å². The Balaban J connectivity index is 1.96. The van der Waals surface area contributed by atoms with Crippen LogP contribution in [0.1, 0.15) is 36.6 Å². The van der Waals surface area contributed by atoms with Crippen LogP contribution in [-0.2, 0) is 9.53 Å². The molecule has 1 atom stereocenters. The van der Waals surface area contributed by atoms with E-state index in [4.69, 9.17) is 9.47 Å². The Kier molecular flexibility index (Phi) is 6.77. The normalized spacial score (nSPS) is 15.7. The number of thiazole rings is 1. The first-order valence-corrected chi connectivity index (χ1v) is 12.2. The van der Waals surface area contributed by atoms with Gasteiger partial charge in [0.05, 0.1) is 35.6 Å². The largest absolute Gasteiger partial charge is 0.504 e. The molecule has 3 aromatic rings. The number of hydrogen-bond acceptors (Lipinski definition) is 7. The monoisotopic (exact) mass is 542 g/mol. The molecule has 0 radical (unpaired) electrons. The fourth-order valence-corrected chi connectivity index (χ4v) is 5.31. The summed E-state index contributed by atoms with van der Waals surface area (Å²) in [4.78, 5) is 31.6. The highest BCUT2D eigenvalue weighted by atomic mass is 79.9. The number of carbonyl (C=O) groups excluding carboxylic acids is 1. The van der Waals surface area contributed by atoms with E-state index in [0.717, 1.165) is 11.1 Å². The van der Waals surface area contributed by atoms with E-state index in [-0.39, 0.29) is 17.9 Å². The van der Waals surface area contributed by atoms with Gasteiger partial charge in [-0.25, -0.2) is 9.79 Å². The number of halogens is 1. The zero-order valence-electron chi connectivity index (χ0n) is 19.1. The summed E-state index contributed by atoms with van der Waals surface area (Å²) in [6.07, 6.45) is 1.71. The highest BCUT2D eigenvalue weighted by Gasteiger charge is 2.33. The number of nitrogens with zero attached hydrogens (tertiary/aromatic N) is 2. The number of methoxy groups -OCH3 is 1. The van der Waals surface area contributed by atoms with Crippen molar-refractivity contribution in [2.24, 2.45) is 4.99 Å². The van der Waals surface area contributed by atoms with Crippen molar-refractivity contribution in [3.63, 3.8) is 0 Å². The van der Waals surface area contributed by atoms with Gasteiger partial charge in [0, 0.05) is 4.47 Å². The van der Waals surface area contributed by atoms with Gasteiger partial charge in [-0.05, 0) is 50.1 Å². The molecule has 4 rings (SSSR count). The number of rotatable bonds is 5. The SMILES string of the molecule is CCOC(=O)C1=C(C)N=c2s/c(=C/c3cc(OC)c(O)cc3Br)c(=O)n2[C@@H]1c1ccc(C)cc1. The van der Waals surface area contributed by atoms with Crippen LogP contribution in [0.2, 0.25) is 0 Å². The molecule has 0 amide bonds. The van der Waals surface area contributed by atoms with E-state index in [1.54, 1.807) is 30.6 Å². The number of hydrogen-bond donors (Lipinski definition) is 1. The predicted molar refractivity (Wildman–Crippen MR) is 134 cm³/mol. The lowest BCUT2D eigenvalue weighted by Crippen LogP contribution is -2.39. The number of aryl methyl sites for hydroxylation is 1. The third-order valence-electron chi connectivity index (χ3n) is 5.49. The molecule has 34 heavy (non-hydrogen) atoms. The van der Waals surface area contributed by atoms with E-state index >= 15 is 0 Å². The average Bonchev–Trinajstić information content (AvgIpc) is 3.10. The van der Waals surface area contributed by atoms with E-state index in [1.807, 2.05) is 31.2 Å². The molecule has 176 valence electrons. The molecule has 1 N–H and O–H groups in total. The van der Waals surface area contributed by atoms with E-state index < -0.39 is 12.0 Å². The fourth-order valence-electron chi connectivity index (χ4n) is 3.83. The van der Waals surface area contributed by atoms with Crippen molar-refractivity contribution >= 4 is 39.3 Å². The highest BCUT2D eigenvalue weighted by molar-refractivity contribution is 9.10. The van der Waals surface area contributed by atoms with E-state index in [1.165, 1.54) is 24.5 Å². The lowest BCUT2D eigenvalue weighted by molar-refractivity contribution is -0.139. The molecule has 9 heteroatoms. The van der Waals surface area contributed by atoms with Crippen molar-refractivity contribution in [3.8, 4) is 11.5 Å². The van der Waals surface area contributed by atoms with Crippen LogP contribution in [0.5, 0.6) is 11.5 Å². The molecular formula is C25H23BrN2O5S. The number of ether oxygens (including phenoxy) is 2. The second-order valence-electron chi connectivity index (χ2n) is 7.76. The van der Waals surface area contributed by atoms with Crippen molar-refractivity contribution in [1.29, 1.82) is 0 Å². The molecule has 2 aromatic carbocycles. The van der Waals surface area contributed by atoms with Crippen LogP contribution in [-0.4, -0.2) is 29.4 Å². The standard InChI is InChI=1S/C25H23BrN2O5S/c1-5-33-24(31)21-14(3)27-25-28(22(21)15-8-6-13(2)7-9-15)23(30)20(34-25)11-16-10-19(32-4)18(29)12-17(16)26/h6-12,22,29H,5H2,1-4H3/b20-11+/t22-/m1/s1. The molecule has 7 nitrogen and oxygen atoms in total. The van der Waals surface area contributed by atoms with Crippen LogP contribution >= 0.6 is 27.3 Å². The first-order valence-electron chi connectivity index (χ1n) is 10.6. The van der Waals surface area contributed by atoms with Crippen LogP contribution in [0.4, 0.5) is 0 Å². The minimum Gasteiger partial charge on any atom is -0.504 e. The quantitative estimate of drug-likeness (QED) is 0.497. The molecule has 1 aromatic heterocycles. The second kappa shape index (κ2) is 9.60. The minimum absolute atomic E-state index is 0.0120. The number of carbonyl (C=O) groups is 1. The summed E-state index contributed by atoms with van der Waals surface area (Å²) in [5, 5.41) is 10.0. The maximum absolute atomic E-state index is 13.6. The molecule has 1 aliphatic heterocycles. The summed E-state index contributed by atoms with van der Waals surface area (Å²) >= 11 is 4.66. The Morgan fingerprint density at radius 2 is 1.97 bits per heavy atom.